The Kier molecular flexibility index (Phi) is 6.70. The first-order valence-corrected chi connectivity index (χ1v) is 8.55. The highest BCUT2D eigenvalue weighted by Gasteiger charge is 2.13. The lowest BCUT2D eigenvalue weighted by molar-refractivity contribution is 0.105. The van der Waals surface area contributed by atoms with Crippen LogP contribution in [-0.4, -0.2) is 42.4 Å². The highest BCUT2D eigenvalue weighted by molar-refractivity contribution is 7.99. The quantitative estimate of drug-likeness (QED) is 0.811. The second kappa shape index (κ2) is 8.55. The van der Waals surface area contributed by atoms with E-state index < -0.39 is 6.10 Å². The minimum Gasteiger partial charge on any atom is -0.491 e. The van der Waals surface area contributed by atoms with Crippen LogP contribution in [0.3, 0.4) is 0 Å². The summed E-state index contributed by atoms with van der Waals surface area (Å²) in [6.07, 6.45) is 2.15. The molecule has 1 aliphatic heterocycles. The molecule has 3 nitrogen and oxygen atoms in total. The number of ether oxygens (including phenoxy) is 1. The number of aliphatic hydroxyl groups excluding tert-OH is 1. The maximum Gasteiger partial charge on any atom is 0.119 e. The zero-order chi connectivity index (χ0) is 14.2. The number of aryl methyl sites for hydroxylation is 1. The van der Waals surface area contributed by atoms with Crippen LogP contribution in [0.15, 0.2) is 24.3 Å². The van der Waals surface area contributed by atoms with Crippen LogP contribution in [0.25, 0.3) is 0 Å². The molecule has 1 unspecified atom stereocenters. The summed E-state index contributed by atoms with van der Waals surface area (Å²) in [6.45, 7) is 4.00. The highest BCUT2D eigenvalue weighted by atomic mass is 32.2. The molecule has 0 amide bonds. The molecule has 112 valence electrons. The van der Waals surface area contributed by atoms with E-state index in [2.05, 4.69) is 5.32 Å². The van der Waals surface area contributed by atoms with Gasteiger partial charge in [0.25, 0.3) is 0 Å². The van der Waals surface area contributed by atoms with Crippen LogP contribution < -0.4 is 10.1 Å². The fourth-order valence-corrected chi connectivity index (χ4v) is 3.57. The summed E-state index contributed by atoms with van der Waals surface area (Å²) in [5.41, 5.74) is 1.17. The van der Waals surface area contributed by atoms with Gasteiger partial charge in [0, 0.05) is 6.54 Å². The maximum absolute atomic E-state index is 9.92. The topological polar surface area (TPSA) is 41.5 Å². The van der Waals surface area contributed by atoms with Crippen molar-refractivity contribution >= 4 is 11.8 Å². The normalized spacial score (nSPS) is 17.9. The monoisotopic (exact) mass is 295 g/mol. The number of aliphatic hydroxyl groups is 1. The van der Waals surface area contributed by atoms with Crippen molar-refractivity contribution in [1.29, 1.82) is 0 Å². The molecule has 0 saturated carbocycles. The van der Waals surface area contributed by atoms with Crippen LogP contribution >= 0.6 is 11.8 Å². The molecular weight excluding hydrogens is 270 g/mol. The van der Waals surface area contributed by atoms with Gasteiger partial charge < -0.3 is 15.2 Å². The summed E-state index contributed by atoms with van der Waals surface area (Å²) in [6, 6.07) is 7.91. The molecule has 1 aromatic carbocycles. The molecule has 0 aliphatic carbocycles. The third-order valence-corrected chi connectivity index (χ3v) is 4.63. The van der Waals surface area contributed by atoms with E-state index in [1.165, 1.54) is 29.9 Å². The van der Waals surface area contributed by atoms with Crippen LogP contribution in [0.5, 0.6) is 5.75 Å². The summed E-state index contributed by atoms with van der Waals surface area (Å²) in [7, 11) is 0. The lowest BCUT2D eigenvalue weighted by Crippen LogP contribution is -2.35. The van der Waals surface area contributed by atoms with Gasteiger partial charge in [0.1, 0.15) is 18.5 Å². The van der Waals surface area contributed by atoms with Crippen LogP contribution in [0.1, 0.15) is 18.4 Å². The van der Waals surface area contributed by atoms with Crippen molar-refractivity contribution in [3.05, 3.63) is 29.8 Å². The summed E-state index contributed by atoms with van der Waals surface area (Å²) < 4.78 is 5.60. The van der Waals surface area contributed by atoms with E-state index >= 15 is 0 Å². The second-order valence-corrected chi connectivity index (χ2v) is 6.72. The van der Waals surface area contributed by atoms with Crippen molar-refractivity contribution in [3.8, 4) is 5.75 Å². The first kappa shape index (κ1) is 15.7. The third-order valence-electron chi connectivity index (χ3n) is 3.59. The summed E-state index contributed by atoms with van der Waals surface area (Å²) >= 11 is 2.05. The number of hydrogen-bond donors (Lipinski definition) is 2. The average molecular weight is 295 g/mol. The summed E-state index contributed by atoms with van der Waals surface area (Å²) in [5, 5.41) is 13.3. The van der Waals surface area contributed by atoms with Gasteiger partial charge in [-0.25, -0.2) is 0 Å². The summed E-state index contributed by atoms with van der Waals surface area (Å²) in [5.74, 6) is 4.17. The van der Waals surface area contributed by atoms with E-state index in [1.807, 2.05) is 43.0 Å². The van der Waals surface area contributed by atoms with Crippen molar-refractivity contribution in [2.24, 2.45) is 5.92 Å². The lowest BCUT2D eigenvalue weighted by Gasteiger charge is -2.22. The van der Waals surface area contributed by atoms with E-state index in [9.17, 15) is 5.11 Å². The summed E-state index contributed by atoms with van der Waals surface area (Å²) in [4.78, 5) is 0. The predicted octanol–water partition coefficient (Wildman–Crippen LogP) is 2.47. The van der Waals surface area contributed by atoms with Gasteiger partial charge in [0.15, 0.2) is 0 Å². The lowest BCUT2D eigenvalue weighted by atomic mass is 10.0. The first-order chi connectivity index (χ1) is 9.74. The highest BCUT2D eigenvalue weighted by Crippen LogP contribution is 2.21. The molecule has 0 bridgehead atoms. The van der Waals surface area contributed by atoms with Gasteiger partial charge in [-0.1, -0.05) is 12.1 Å². The van der Waals surface area contributed by atoms with Crippen molar-refractivity contribution in [1.82, 2.24) is 5.32 Å². The number of thioether (sulfide) groups is 1. The standard InChI is InChI=1S/C16H25NO2S/c1-13-3-2-4-16(9-13)19-12-15(18)11-17-10-14-5-7-20-8-6-14/h2-4,9,14-15,17-18H,5-8,10-12H2,1H3. The Morgan fingerprint density at radius 1 is 1.40 bits per heavy atom. The molecule has 1 aliphatic rings. The first-order valence-electron chi connectivity index (χ1n) is 7.40. The van der Waals surface area contributed by atoms with Gasteiger partial charge in [0.05, 0.1) is 0 Å². The number of nitrogens with one attached hydrogen (secondary N) is 1. The van der Waals surface area contributed by atoms with Gasteiger partial charge >= 0.3 is 0 Å². The smallest absolute Gasteiger partial charge is 0.119 e. The van der Waals surface area contributed by atoms with Crippen LogP contribution in [0.4, 0.5) is 0 Å². The van der Waals surface area contributed by atoms with Gasteiger partial charge in [-0.05, 0) is 61.4 Å². The number of hydrogen-bond acceptors (Lipinski definition) is 4. The van der Waals surface area contributed by atoms with Gasteiger partial charge in [0.2, 0.25) is 0 Å². The largest absolute Gasteiger partial charge is 0.491 e. The van der Waals surface area contributed by atoms with Crippen molar-refractivity contribution in [2.45, 2.75) is 25.9 Å². The number of rotatable bonds is 7. The molecule has 4 heteroatoms. The van der Waals surface area contributed by atoms with E-state index in [-0.39, 0.29) is 0 Å². The Balaban J connectivity index is 1.59. The zero-order valence-corrected chi connectivity index (χ0v) is 13.0. The molecule has 1 saturated heterocycles. The molecule has 0 radical (unpaired) electrons. The van der Waals surface area contributed by atoms with Crippen molar-refractivity contribution in [3.63, 3.8) is 0 Å². The van der Waals surface area contributed by atoms with E-state index in [4.69, 9.17) is 4.74 Å². The SMILES string of the molecule is Cc1cccc(OCC(O)CNCC2CCSCC2)c1. The fourth-order valence-electron chi connectivity index (χ4n) is 2.36. The molecule has 1 heterocycles. The molecule has 1 atom stereocenters. The van der Waals surface area contributed by atoms with Crippen LogP contribution in [0.2, 0.25) is 0 Å². The molecule has 2 N–H and O–H groups in total. The van der Waals surface area contributed by atoms with Crippen LogP contribution in [0, 0.1) is 12.8 Å². The van der Waals surface area contributed by atoms with Gasteiger partial charge in [-0.2, -0.15) is 11.8 Å². The van der Waals surface area contributed by atoms with E-state index in [0.717, 1.165) is 18.2 Å². The molecule has 1 aromatic rings. The van der Waals surface area contributed by atoms with Gasteiger partial charge in [-0.3, -0.25) is 0 Å². The minimum absolute atomic E-state index is 0.344. The Labute approximate surface area is 126 Å². The van der Waals surface area contributed by atoms with E-state index in [0.29, 0.717) is 13.2 Å². The van der Waals surface area contributed by atoms with Crippen molar-refractivity contribution < 1.29 is 9.84 Å². The Hall–Kier alpha value is -0.710. The Morgan fingerprint density at radius 3 is 2.95 bits per heavy atom. The fraction of sp³-hybridized carbons (Fsp3) is 0.625. The zero-order valence-electron chi connectivity index (χ0n) is 12.2. The Morgan fingerprint density at radius 2 is 2.20 bits per heavy atom. The molecule has 2 rings (SSSR count). The molecule has 20 heavy (non-hydrogen) atoms. The molecular formula is C16H25NO2S. The average Bonchev–Trinajstić information content (AvgIpc) is 2.46. The van der Waals surface area contributed by atoms with Crippen molar-refractivity contribution in [2.75, 3.05) is 31.2 Å². The van der Waals surface area contributed by atoms with Gasteiger partial charge in [-0.15, -0.1) is 0 Å². The number of benzene rings is 1. The molecule has 1 fully saturated rings. The predicted molar refractivity (Wildman–Crippen MR) is 85.6 cm³/mol. The third kappa shape index (κ3) is 5.73. The molecule has 0 spiro atoms. The van der Waals surface area contributed by atoms with E-state index in [1.54, 1.807) is 0 Å². The second-order valence-electron chi connectivity index (χ2n) is 5.50. The van der Waals surface area contributed by atoms with Crippen LogP contribution in [-0.2, 0) is 0 Å². The maximum atomic E-state index is 9.92. The minimum atomic E-state index is -0.450. The Bertz CT molecular complexity index is 394. The molecule has 0 aromatic heterocycles.